The number of carbonyl (C=O) groups is 1. The fourth-order valence-electron chi connectivity index (χ4n) is 2.57. The summed E-state index contributed by atoms with van der Waals surface area (Å²) in [7, 11) is 1.78. The zero-order chi connectivity index (χ0) is 19.1. The molecule has 0 atom stereocenters. The van der Waals surface area contributed by atoms with E-state index in [4.69, 9.17) is 9.47 Å². The van der Waals surface area contributed by atoms with Crippen LogP contribution in [-0.4, -0.2) is 22.2 Å². The van der Waals surface area contributed by atoms with Crippen LogP contribution in [-0.2, 0) is 13.7 Å². The van der Waals surface area contributed by atoms with E-state index in [0.29, 0.717) is 30.3 Å². The Kier molecular flexibility index (Phi) is 6.05. The number of rotatable bonds is 8. The van der Waals surface area contributed by atoms with Crippen molar-refractivity contribution in [2.45, 2.75) is 13.5 Å². The van der Waals surface area contributed by atoms with Crippen LogP contribution < -0.4 is 9.47 Å². The maximum Gasteiger partial charge on any atom is 0.189 e. The van der Waals surface area contributed by atoms with Crippen molar-refractivity contribution in [3.63, 3.8) is 0 Å². The minimum absolute atomic E-state index is 0.0922. The average molecular weight is 362 g/mol. The lowest BCUT2D eigenvalue weighted by atomic mass is 10.1. The van der Waals surface area contributed by atoms with Crippen LogP contribution in [0.25, 0.3) is 6.08 Å². The molecule has 5 heteroatoms. The molecule has 0 radical (unpaired) electrons. The lowest BCUT2D eigenvalue weighted by molar-refractivity contribution is 0.104. The van der Waals surface area contributed by atoms with Gasteiger partial charge in [-0.1, -0.05) is 42.5 Å². The molecule has 0 aliphatic rings. The fourth-order valence-corrected chi connectivity index (χ4v) is 2.57. The van der Waals surface area contributed by atoms with E-state index in [1.165, 1.54) is 6.08 Å². The first-order chi connectivity index (χ1) is 13.2. The third-order valence-corrected chi connectivity index (χ3v) is 3.92. The molecule has 0 unspecified atom stereocenters. The van der Waals surface area contributed by atoms with Crippen LogP contribution >= 0.6 is 0 Å². The Hall–Kier alpha value is -3.34. The topological polar surface area (TPSA) is 53.3 Å². The Morgan fingerprint density at radius 3 is 2.63 bits per heavy atom. The van der Waals surface area contributed by atoms with Crippen LogP contribution in [0, 0.1) is 0 Å². The van der Waals surface area contributed by atoms with E-state index in [-0.39, 0.29) is 5.78 Å². The number of ketones is 1. The molecule has 0 bridgehead atoms. The van der Waals surface area contributed by atoms with E-state index in [1.807, 2.05) is 55.5 Å². The standard InChI is InChI=1S/C22H22N2O3/c1-3-26-22-13-17(9-11-20(25)19-14-23-24(2)15-19)10-12-21(22)27-16-18-7-5-4-6-8-18/h4-15H,3,16H2,1-2H3/b11-9+. The van der Waals surface area contributed by atoms with E-state index in [0.717, 1.165) is 11.1 Å². The first-order valence-corrected chi connectivity index (χ1v) is 8.80. The summed E-state index contributed by atoms with van der Waals surface area (Å²) in [4.78, 5) is 12.2. The highest BCUT2D eigenvalue weighted by Gasteiger charge is 2.07. The molecule has 0 aliphatic carbocycles. The van der Waals surface area contributed by atoms with Crippen LogP contribution in [0.4, 0.5) is 0 Å². The molecule has 0 spiro atoms. The molecule has 1 heterocycles. The summed E-state index contributed by atoms with van der Waals surface area (Å²) in [5, 5.41) is 4.01. The zero-order valence-electron chi connectivity index (χ0n) is 15.5. The normalized spacial score (nSPS) is 10.9. The maximum atomic E-state index is 12.2. The van der Waals surface area contributed by atoms with Gasteiger partial charge in [-0.25, -0.2) is 0 Å². The summed E-state index contributed by atoms with van der Waals surface area (Å²) < 4.78 is 13.2. The van der Waals surface area contributed by atoms with Crippen molar-refractivity contribution in [3.05, 3.63) is 83.7 Å². The van der Waals surface area contributed by atoms with Gasteiger partial charge in [-0.2, -0.15) is 5.10 Å². The number of hydrogen-bond donors (Lipinski definition) is 0. The monoisotopic (exact) mass is 362 g/mol. The summed E-state index contributed by atoms with van der Waals surface area (Å²) in [6.45, 7) is 2.93. The van der Waals surface area contributed by atoms with E-state index < -0.39 is 0 Å². The van der Waals surface area contributed by atoms with Crippen LogP contribution in [0.5, 0.6) is 11.5 Å². The Bertz CT molecular complexity index is 930. The van der Waals surface area contributed by atoms with Gasteiger partial charge in [-0.15, -0.1) is 0 Å². The van der Waals surface area contributed by atoms with Gasteiger partial charge in [0.2, 0.25) is 0 Å². The van der Waals surface area contributed by atoms with Gasteiger partial charge in [0.15, 0.2) is 17.3 Å². The number of benzene rings is 2. The number of allylic oxidation sites excluding steroid dienone is 1. The van der Waals surface area contributed by atoms with Gasteiger partial charge in [-0.3, -0.25) is 9.48 Å². The second-order valence-electron chi connectivity index (χ2n) is 6.01. The van der Waals surface area contributed by atoms with Crippen LogP contribution in [0.2, 0.25) is 0 Å². The van der Waals surface area contributed by atoms with Gasteiger partial charge in [0.1, 0.15) is 6.61 Å². The highest BCUT2D eigenvalue weighted by molar-refractivity contribution is 6.06. The van der Waals surface area contributed by atoms with E-state index in [2.05, 4.69) is 5.10 Å². The number of aromatic nitrogens is 2. The highest BCUT2D eigenvalue weighted by Crippen LogP contribution is 2.29. The zero-order valence-corrected chi connectivity index (χ0v) is 15.5. The molecule has 0 N–H and O–H groups in total. The number of aryl methyl sites for hydroxylation is 1. The van der Waals surface area contributed by atoms with Gasteiger partial charge < -0.3 is 9.47 Å². The molecule has 0 saturated heterocycles. The summed E-state index contributed by atoms with van der Waals surface area (Å²) in [5.74, 6) is 1.24. The van der Waals surface area contributed by atoms with Gasteiger partial charge >= 0.3 is 0 Å². The molecule has 2 aromatic carbocycles. The molecule has 0 saturated carbocycles. The van der Waals surface area contributed by atoms with Crippen molar-refractivity contribution < 1.29 is 14.3 Å². The molecule has 138 valence electrons. The van der Waals surface area contributed by atoms with E-state index in [1.54, 1.807) is 30.2 Å². The molecule has 0 aliphatic heterocycles. The molecule has 27 heavy (non-hydrogen) atoms. The minimum Gasteiger partial charge on any atom is -0.490 e. The highest BCUT2D eigenvalue weighted by atomic mass is 16.5. The van der Waals surface area contributed by atoms with Crippen molar-refractivity contribution in [1.82, 2.24) is 9.78 Å². The molecule has 3 aromatic rings. The SMILES string of the molecule is CCOc1cc(/C=C/C(=O)c2cnn(C)c2)ccc1OCc1ccccc1. The molecule has 5 nitrogen and oxygen atoms in total. The Labute approximate surface area is 158 Å². The number of ether oxygens (including phenoxy) is 2. The van der Waals surface area contributed by atoms with Crippen molar-refractivity contribution in [2.75, 3.05) is 6.61 Å². The Morgan fingerprint density at radius 1 is 1.11 bits per heavy atom. The van der Waals surface area contributed by atoms with Gasteiger partial charge in [0, 0.05) is 13.2 Å². The summed E-state index contributed by atoms with van der Waals surface area (Å²) in [5.41, 5.74) is 2.51. The van der Waals surface area contributed by atoms with E-state index in [9.17, 15) is 4.79 Å². The maximum absolute atomic E-state index is 12.2. The lowest BCUT2D eigenvalue weighted by Crippen LogP contribution is -2.00. The van der Waals surface area contributed by atoms with E-state index >= 15 is 0 Å². The first-order valence-electron chi connectivity index (χ1n) is 8.80. The Balaban J connectivity index is 1.72. The lowest BCUT2D eigenvalue weighted by Gasteiger charge is -2.12. The largest absolute Gasteiger partial charge is 0.490 e. The average Bonchev–Trinajstić information content (AvgIpc) is 3.13. The molecule has 1 aromatic heterocycles. The molecule has 3 rings (SSSR count). The summed E-state index contributed by atoms with van der Waals surface area (Å²) in [6, 6.07) is 15.6. The molecular weight excluding hydrogens is 340 g/mol. The number of carbonyl (C=O) groups excluding carboxylic acids is 1. The van der Waals surface area contributed by atoms with Crippen molar-refractivity contribution in [3.8, 4) is 11.5 Å². The number of hydrogen-bond acceptors (Lipinski definition) is 4. The molecular formula is C22H22N2O3. The molecule has 0 fully saturated rings. The van der Waals surface area contributed by atoms with Crippen molar-refractivity contribution >= 4 is 11.9 Å². The fraction of sp³-hybridized carbons (Fsp3) is 0.182. The van der Waals surface area contributed by atoms with Crippen molar-refractivity contribution in [1.29, 1.82) is 0 Å². The third-order valence-electron chi connectivity index (χ3n) is 3.92. The van der Waals surface area contributed by atoms with Crippen molar-refractivity contribution in [2.24, 2.45) is 7.05 Å². The third kappa shape index (κ3) is 5.07. The quantitative estimate of drug-likeness (QED) is 0.443. The predicted octanol–water partition coefficient (Wildman–Crippen LogP) is 4.29. The van der Waals surface area contributed by atoms with Gasteiger partial charge in [0.25, 0.3) is 0 Å². The summed E-state index contributed by atoms with van der Waals surface area (Å²) >= 11 is 0. The first kappa shape index (κ1) is 18.5. The van der Waals surface area contributed by atoms with Crippen LogP contribution in [0.3, 0.4) is 0 Å². The molecule has 0 amide bonds. The minimum atomic E-state index is -0.0922. The van der Waals surface area contributed by atoms with Gasteiger partial charge in [-0.05, 0) is 36.3 Å². The van der Waals surface area contributed by atoms with Gasteiger partial charge in [0.05, 0.1) is 18.4 Å². The smallest absolute Gasteiger partial charge is 0.189 e. The van der Waals surface area contributed by atoms with Crippen LogP contribution in [0.1, 0.15) is 28.4 Å². The second kappa shape index (κ2) is 8.85. The number of nitrogens with zero attached hydrogens (tertiary/aromatic N) is 2. The predicted molar refractivity (Wildman–Crippen MR) is 105 cm³/mol. The van der Waals surface area contributed by atoms with Crippen LogP contribution in [0.15, 0.2) is 67.0 Å². The second-order valence-corrected chi connectivity index (χ2v) is 6.01. The summed E-state index contributed by atoms with van der Waals surface area (Å²) in [6.07, 6.45) is 6.54. The Morgan fingerprint density at radius 2 is 1.93 bits per heavy atom.